The molecule has 3 aromatic rings. The predicted molar refractivity (Wildman–Crippen MR) is 130 cm³/mol. The maximum atomic E-state index is 13.8. The summed E-state index contributed by atoms with van der Waals surface area (Å²) in [5.74, 6) is -3.81. The third-order valence-electron chi connectivity index (χ3n) is 4.78. The Morgan fingerprint density at radius 2 is 1.79 bits per heavy atom. The highest BCUT2D eigenvalue weighted by Crippen LogP contribution is 2.24. The van der Waals surface area contributed by atoms with E-state index in [1.165, 1.54) is 10.6 Å². The Balaban J connectivity index is 0.000000673. The smallest absolute Gasteiger partial charge is 0.487 e. The van der Waals surface area contributed by atoms with E-state index >= 15 is 0 Å². The first-order valence-corrected chi connectivity index (χ1v) is 11.6. The number of carbonyl (C=O) groups is 2. The SMILES string of the molecule is Cc1cc(OCc2ccc(F)cc2F)c(Br)c(=O)n1Cc1cnc(CNC(=O)CN)nc1.O=C(O)C(F)(F)F. The van der Waals surface area contributed by atoms with Crippen molar-refractivity contribution in [1.29, 1.82) is 0 Å². The highest BCUT2D eigenvalue weighted by Gasteiger charge is 2.38. The average Bonchev–Trinajstić information content (AvgIpc) is 2.87. The average molecular weight is 622 g/mol. The van der Waals surface area contributed by atoms with Crippen LogP contribution in [-0.4, -0.2) is 44.2 Å². The normalized spacial score (nSPS) is 10.9. The lowest BCUT2D eigenvalue weighted by Gasteiger charge is -2.15. The molecule has 0 unspecified atom stereocenters. The van der Waals surface area contributed by atoms with Gasteiger partial charge < -0.3 is 25.5 Å². The first-order valence-electron chi connectivity index (χ1n) is 10.8. The molecule has 10 nitrogen and oxygen atoms in total. The van der Waals surface area contributed by atoms with E-state index in [0.717, 1.165) is 12.1 Å². The fourth-order valence-electron chi connectivity index (χ4n) is 2.80. The first-order chi connectivity index (χ1) is 18.2. The van der Waals surface area contributed by atoms with E-state index in [2.05, 4.69) is 31.2 Å². The Hall–Kier alpha value is -3.92. The number of benzene rings is 1. The van der Waals surface area contributed by atoms with E-state index in [9.17, 15) is 31.5 Å². The van der Waals surface area contributed by atoms with Gasteiger partial charge >= 0.3 is 12.1 Å². The van der Waals surface area contributed by atoms with Crippen molar-refractivity contribution < 1.29 is 41.4 Å². The molecule has 0 atom stereocenters. The van der Waals surface area contributed by atoms with E-state index in [-0.39, 0.29) is 53.5 Å². The molecule has 0 bridgehead atoms. The lowest BCUT2D eigenvalue weighted by Crippen LogP contribution is -2.30. The van der Waals surface area contributed by atoms with Crippen LogP contribution in [0.5, 0.6) is 5.75 Å². The number of carboxylic acid groups (broad SMARTS) is 1. The highest BCUT2D eigenvalue weighted by atomic mass is 79.9. The lowest BCUT2D eigenvalue weighted by molar-refractivity contribution is -0.192. The molecule has 2 heterocycles. The van der Waals surface area contributed by atoms with Gasteiger partial charge in [-0.05, 0) is 35.0 Å². The number of halogens is 6. The molecule has 1 aromatic carbocycles. The largest absolute Gasteiger partial charge is 0.490 e. The van der Waals surface area contributed by atoms with Crippen LogP contribution in [-0.2, 0) is 29.3 Å². The van der Waals surface area contributed by atoms with Gasteiger partial charge in [-0.1, -0.05) is 0 Å². The molecule has 0 aliphatic rings. The topological polar surface area (TPSA) is 149 Å². The zero-order valence-electron chi connectivity index (χ0n) is 20.1. The van der Waals surface area contributed by atoms with Crippen molar-refractivity contribution in [1.82, 2.24) is 19.9 Å². The molecule has 0 spiro atoms. The Morgan fingerprint density at radius 1 is 1.18 bits per heavy atom. The monoisotopic (exact) mass is 621 g/mol. The van der Waals surface area contributed by atoms with Crippen LogP contribution in [0.25, 0.3) is 0 Å². The molecule has 16 heteroatoms. The summed E-state index contributed by atoms with van der Waals surface area (Å²) in [6.45, 7) is 1.82. The van der Waals surface area contributed by atoms with Crippen LogP contribution in [0, 0.1) is 18.6 Å². The second-order valence-electron chi connectivity index (χ2n) is 7.67. The molecule has 3 rings (SSSR count). The zero-order chi connectivity index (χ0) is 29.3. The third kappa shape index (κ3) is 9.40. The summed E-state index contributed by atoms with van der Waals surface area (Å²) in [4.78, 5) is 41.3. The predicted octanol–water partition coefficient (Wildman–Crippen LogP) is 2.82. The summed E-state index contributed by atoms with van der Waals surface area (Å²) in [6.07, 6.45) is -1.95. The number of carboxylic acids is 1. The van der Waals surface area contributed by atoms with Gasteiger partial charge in [0, 0.05) is 41.3 Å². The summed E-state index contributed by atoms with van der Waals surface area (Å²) in [7, 11) is 0. The number of hydrogen-bond donors (Lipinski definition) is 3. The number of carbonyl (C=O) groups excluding carboxylic acids is 1. The van der Waals surface area contributed by atoms with Crippen LogP contribution in [0.3, 0.4) is 0 Å². The van der Waals surface area contributed by atoms with Crippen LogP contribution < -0.4 is 21.3 Å². The maximum Gasteiger partial charge on any atom is 0.490 e. The van der Waals surface area contributed by atoms with Gasteiger partial charge in [0.15, 0.2) is 0 Å². The van der Waals surface area contributed by atoms with E-state index in [1.807, 2.05) is 0 Å². The Kier molecular flexibility index (Phi) is 11.0. The minimum atomic E-state index is -5.08. The van der Waals surface area contributed by atoms with Gasteiger partial charge in [-0.25, -0.2) is 23.5 Å². The van der Waals surface area contributed by atoms with Gasteiger partial charge in [-0.2, -0.15) is 13.2 Å². The van der Waals surface area contributed by atoms with Crippen LogP contribution in [0.2, 0.25) is 0 Å². The Bertz CT molecular complexity index is 1380. The number of aliphatic carboxylic acids is 1. The van der Waals surface area contributed by atoms with Gasteiger partial charge in [-0.15, -0.1) is 0 Å². The van der Waals surface area contributed by atoms with Crippen molar-refractivity contribution in [3.8, 4) is 5.75 Å². The summed E-state index contributed by atoms with van der Waals surface area (Å²) in [6, 6.07) is 4.85. The number of nitrogens with one attached hydrogen (secondary N) is 1. The Morgan fingerprint density at radius 3 is 2.33 bits per heavy atom. The van der Waals surface area contributed by atoms with Crippen LogP contribution in [0.15, 0.2) is 45.9 Å². The van der Waals surface area contributed by atoms with Gasteiger partial charge in [0.25, 0.3) is 5.56 Å². The molecule has 0 saturated carbocycles. The van der Waals surface area contributed by atoms with Crippen molar-refractivity contribution in [2.75, 3.05) is 6.54 Å². The van der Waals surface area contributed by atoms with Crippen LogP contribution in [0.1, 0.15) is 22.6 Å². The number of nitrogens with zero attached hydrogens (tertiary/aromatic N) is 3. The highest BCUT2D eigenvalue weighted by molar-refractivity contribution is 9.10. The van der Waals surface area contributed by atoms with Crippen molar-refractivity contribution >= 4 is 27.8 Å². The number of alkyl halides is 3. The summed E-state index contributed by atoms with van der Waals surface area (Å²) in [5, 5.41) is 9.70. The van der Waals surface area contributed by atoms with Crippen LogP contribution in [0.4, 0.5) is 22.0 Å². The maximum absolute atomic E-state index is 13.8. The standard InChI is InChI=1S/C21H20BrF2N5O3.C2HF3O2/c1-12-4-17(32-11-14-2-3-15(23)5-16(14)24)20(22)21(31)29(12)10-13-7-26-18(27-8-13)9-28-19(30)6-25;3-2(4,5)1(6)7/h2-5,7-8H,6,9-11,25H2,1H3,(H,28,30);(H,6,7). The van der Waals surface area contributed by atoms with Crippen molar-refractivity contribution in [2.45, 2.75) is 32.8 Å². The molecular weight excluding hydrogens is 601 g/mol. The molecule has 0 fully saturated rings. The second kappa shape index (κ2) is 13.7. The minimum absolute atomic E-state index is 0.117. The van der Waals surface area contributed by atoms with Crippen molar-refractivity contribution in [2.24, 2.45) is 5.73 Å². The summed E-state index contributed by atoms with van der Waals surface area (Å²) in [5.41, 5.74) is 6.33. The molecule has 1 amide bonds. The molecule has 210 valence electrons. The number of aromatic nitrogens is 3. The van der Waals surface area contributed by atoms with Gasteiger partial charge in [0.05, 0.1) is 19.6 Å². The molecule has 0 aliphatic heterocycles. The van der Waals surface area contributed by atoms with E-state index in [0.29, 0.717) is 17.1 Å². The van der Waals surface area contributed by atoms with Crippen molar-refractivity contribution in [3.05, 3.63) is 85.8 Å². The third-order valence-corrected chi connectivity index (χ3v) is 5.51. The first kappa shape index (κ1) is 31.3. The molecule has 2 aromatic heterocycles. The minimum Gasteiger partial charge on any atom is -0.487 e. The number of amides is 1. The summed E-state index contributed by atoms with van der Waals surface area (Å²) >= 11 is 3.24. The number of rotatable bonds is 8. The number of pyridine rings is 1. The number of aryl methyl sites for hydroxylation is 1. The Labute approximate surface area is 225 Å². The van der Waals surface area contributed by atoms with Gasteiger partial charge in [0.2, 0.25) is 5.91 Å². The quantitative estimate of drug-likeness (QED) is 0.325. The summed E-state index contributed by atoms with van der Waals surface area (Å²) < 4.78 is 65.9. The molecule has 4 N–H and O–H groups in total. The van der Waals surface area contributed by atoms with E-state index < -0.39 is 23.8 Å². The van der Waals surface area contributed by atoms with E-state index in [1.54, 1.807) is 25.4 Å². The fraction of sp³-hybridized carbons (Fsp3) is 0.261. The number of ether oxygens (including phenoxy) is 1. The number of hydrogen-bond acceptors (Lipinski definition) is 7. The molecule has 0 saturated heterocycles. The van der Waals surface area contributed by atoms with Crippen molar-refractivity contribution in [3.63, 3.8) is 0 Å². The van der Waals surface area contributed by atoms with Gasteiger partial charge in [0.1, 0.15) is 34.3 Å². The lowest BCUT2D eigenvalue weighted by atomic mass is 10.2. The fourth-order valence-corrected chi connectivity index (χ4v) is 3.24. The second-order valence-corrected chi connectivity index (χ2v) is 8.46. The molecular formula is C23H21BrF5N5O5. The van der Waals surface area contributed by atoms with Gasteiger partial charge in [-0.3, -0.25) is 9.59 Å². The molecule has 39 heavy (non-hydrogen) atoms. The molecule has 0 aliphatic carbocycles. The number of nitrogens with two attached hydrogens (primary N) is 1. The molecule has 0 radical (unpaired) electrons. The van der Waals surface area contributed by atoms with Crippen LogP contribution >= 0.6 is 15.9 Å². The van der Waals surface area contributed by atoms with E-state index in [4.69, 9.17) is 20.4 Å². The zero-order valence-corrected chi connectivity index (χ0v) is 21.6.